The third-order valence-corrected chi connectivity index (χ3v) is 7.99. The fourth-order valence-electron chi connectivity index (χ4n) is 5.84. The molecule has 0 aromatic heterocycles. The molecule has 0 saturated heterocycles. The van der Waals surface area contributed by atoms with Crippen LogP contribution in [0.5, 0.6) is 0 Å². The second kappa shape index (κ2) is 13.9. The molecule has 0 aliphatic heterocycles. The van der Waals surface area contributed by atoms with Gasteiger partial charge in [-0.25, -0.2) is 0 Å². The van der Waals surface area contributed by atoms with Crippen LogP contribution < -0.4 is 0 Å². The van der Waals surface area contributed by atoms with E-state index >= 15 is 0 Å². The molecule has 1 aromatic carbocycles. The maximum absolute atomic E-state index is 5.67. The number of hydrogen-bond donors (Lipinski definition) is 0. The summed E-state index contributed by atoms with van der Waals surface area (Å²) in [6.07, 6.45) is 24.8. The number of benzene rings is 1. The number of allylic oxidation sites excluding steroid dienone is 2. The largest absolute Gasteiger partial charge is 0.373 e. The van der Waals surface area contributed by atoms with Gasteiger partial charge in [-0.05, 0) is 80.2 Å². The van der Waals surface area contributed by atoms with E-state index in [1.54, 1.807) is 5.56 Å². The van der Waals surface area contributed by atoms with Crippen molar-refractivity contribution in [2.75, 3.05) is 6.61 Å². The van der Waals surface area contributed by atoms with Crippen molar-refractivity contribution in [1.82, 2.24) is 0 Å². The van der Waals surface area contributed by atoms with Gasteiger partial charge < -0.3 is 4.74 Å². The molecule has 2 saturated carbocycles. The molecule has 0 amide bonds. The van der Waals surface area contributed by atoms with Crippen molar-refractivity contribution in [1.29, 1.82) is 0 Å². The van der Waals surface area contributed by atoms with Crippen molar-refractivity contribution in [3.8, 4) is 0 Å². The molecule has 2 fully saturated rings. The minimum atomic E-state index is 0.708. The summed E-state index contributed by atoms with van der Waals surface area (Å²) in [5, 5.41) is 0. The summed E-state index contributed by atoms with van der Waals surface area (Å²) >= 11 is 0. The van der Waals surface area contributed by atoms with Crippen molar-refractivity contribution in [2.24, 2.45) is 17.8 Å². The summed E-state index contributed by atoms with van der Waals surface area (Å²) in [5.41, 5.74) is 2.84. The van der Waals surface area contributed by atoms with Crippen molar-refractivity contribution < 1.29 is 4.74 Å². The van der Waals surface area contributed by atoms with Gasteiger partial charge in [0.2, 0.25) is 0 Å². The average molecular weight is 423 g/mol. The van der Waals surface area contributed by atoms with E-state index in [4.69, 9.17) is 4.74 Å². The van der Waals surface area contributed by atoms with E-state index in [0.717, 1.165) is 23.7 Å². The molecule has 0 heterocycles. The van der Waals surface area contributed by atoms with Crippen LogP contribution in [-0.2, 0) is 11.3 Å². The first-order valence-electron chi connectivity index (χ1n) is 13.2. The average Bonchev–Trinajstić information content (AvgIpc) is 2.82. The topological polar surface area (TPSA) is 9.23 Å². The summed E-state index contributed by atoms with van der Waals surface area (Å²) in [5.74, 6) is 3.80. The van der Waals surface area contributed by atoms with Gasteiger partial charge in [-0.3, -0.25) is 0 Å². The Hall–Kier alpha value is -1.34. The summed E-state index contributed by atoms with van der Waals surface area (Å²) in [6.45, 7) is 7.31. The molecular formula is C30H46O. The smallest absolute Gasteiger partial charge is 0.0721 e. The van der Waals surface area contributed by atoms with E-state index < -0.39 is 0 Å². The van der Waals surface area contributed by atoms with E-state index in [1.165, 1.54) is 89.0 Å². The summed E-state index contributed by atoms with van der Waals surface area (Å²) in [7, 11) is 0. The third-order valence-electron chi connectivity index (χ3n) is 7.99. The van der Waals surface area contributed by atoms with Crippen LogP contribution in [0.4, 0.5) is 0 Å². The lowest BCUT2D eigenvalue weighted by molar-refractivity contribution is 0.148. The van der Waals surface area contributed by atoms with Gasteiger partial charge in [0.1, 0.15) is 0 Å². The van der Waals surface area contributed by atoms with Crippen LogP contribution in [0.15, 0.2) is 49.1 Å². The van der Waals surface area contributed by atoms with Crippen LogP contribution in [0.3, 0.4) is 0 Å². The molecule has 2 aliphatic carbocycles. The highest BCUT2D eigenvalue weighted by Crippen LogP contribution is 2.40. The normalized spacial score (nSPS) is 26.9. The molecule has 0 bridgehead atoms. The Morgan fingerprint density at radius 2 is 1.42 bits per heavy atom. The van der Waals surface area contributed by atoms with Crippen molar-refractivity contribution >= 4 is 0 Å². The molecule has 1 heteroatoms. The lowest BCUT2D eigenvalue weighted by Gasteiger charge is -2.32. The molecule has 3 rings (SSSR count). The Bertz CT molecular complexity index is 627. The molecule has 0 radical (unpaired) electrons. The van der Waals surface area contributed by atoms with Crippen LogP contribution in [0.25, 0.3) is 0 Å². The SMILES string of the molecule is C=CCCCC1CCC(CCC2CCC(c3ccc(COCC=CC)cc3)CC2)CC1. The molecule has 0 atom stereocenters. The first-order valence-corrected chi connectivity index (χ1v) is 13.2. The third kappa shape index (κ3) is 8.60. The molecule has 1 nitrogen and oxygen atoms in total. The maximum atomic E-state index is 5.67. The zero-order valence-electron chi connectivity index (χ0n) is 20.1. The molecule has 172 valence electrons. The molecule has 1 aromatic rings. The Kier molecular flexibility index (Phi) is 10.9. The molecule has 0 N–H and O–H groups in total. The van der Waals surface area contributed by atoms with Crippen LogP contribution in [-0.4, -0.2) is 6.61 Å². The number of hydrogen-bond acceptors (Lipinski definition) is 1. The summed E-state index contributed by atoms with van der Waals surface area (Å²) in [4.78, 5) is 0. The van der Waals surface area contributed by atoms with Crippen molar-refractivity contribution in [3.05, 3.63) is 60.2 Å². The predicted octanol–water partition coefficient (Wildman–Crippen LogP) is 9.00. The number of rotatable bonds is 12. The quantitative estimate of drug-likeness (QED) is 0.241. The Balaban J connectivity index is 1.30. The molecule has 31 heavy (non-hydrogen) atoms. The van der Waals surface area contributed by atoms with Crippen LogP contribution in [0.2, 0.25) is 0 Å². The van der Waals surface area contributed by atoms with Gasteiger partial charge in [0, 0.05) is 0 Å². The lowest BCUT2D eigenvalue weighted by Crippen LogP contribution is -2.17. The Morgan fingerprint density at radius 1 is 0.839 bits per heavy atom. The van der Waals surface area contributed by atoms with Gasteiger partial charge in [-0.2, -0.15) is 0 Å². The molecule has 2 aliphatic rings. The molecular weight excluding hydrogens is 376 g/mol. The highest BCUT2D eigenvalue weighted by atomic mass is 16.5. The van der Waals surface area contributed by atoms with Crippen LogP contribution in [0.1, 0.15) is 107 Å². The zero-order chi connectivity index (χ0) is 21.7. The fraction of sp³-hybridized carbons (Fsp3) is 0.667. The van der Waals surface area contributed by atoms with Crippen LogP contribution in [0, 0.1) is 17.8 Å². The molecule has 0 unspecified atom stereocenters. The first kappa shape index (κ1) is 24.3. The van der Waals surface area contributed by atoms with E-state index in [9.17, 15) is 0 Å². The fourth-order valence-corrected chi connectivity index (χ4v) is 5.84. The standard InChI is InChI=1S/C30H46O/c1-3-5-7-8-25-9-11-26(12-10-25)13-14-27-15-19-29(20-16-27)30-21-17-28(18-22-30)24-31-23-6-4-2/h3-4,6,17-18,21-22,25-27,29H,1,5,7-16,19-20,23-24H2,2H3. The monoisotopic (exact) mass is 422 g/mol. The second-order valence-corrected chi connectivity index (χ2v) is 10.2. The Morgan fingerprint density at radius 3 is 2.00 bits per heavy atom. The highest BCUT2D eigenvalue weighted by Gasteiger charge is 2.25. The first-order chi connectivity index (χ1) is 15.3. The predicted molar refractivity (Wildman–Crippen MR) is 134 cm³/mol. The summed E-state index contributed by atoms with van der Waals surface area (Å²) in [6, 6.07) is 9.25. The van der Waals surface area contributed by atoms with E-state index in [-0.39, 0.29) is 0 Å². The maximum Gasteiger partial charge on any atom is 0.0721 e. The van der Waals surface area contributed by atoms with E-state index in [2.05, 4.69) is 43.0 Å². The van der Waals surface area contributed by atoms with E-state index in [1.807, 2.05) is 13.0 Å². The highest BCUT2D eigenvalue weighted by molar-refractivity contribution is 5.25. The second-order valence-electron chi connectivity index (χ2n) is 10.2. The van der Waals surface area contributed by atoms with Gasteiger partial charge in [-0.1, -0.05) is 87.4 Å². The lowest BCUT2D eigenvalue weighted by atomic mass is 9.74. The van der Waals surface area contributed by atoms with E-state index in [0.29, 0.717) is 13.2 Å². The number of unbranched alkanes of at least 4 members (excludes halogenated alkanes) is 1. The number of ether oxygens (including phenoxy) is 1. The molecule has 0 spiro atoms. The summed E-state index contributed by atoms with van der Waals surface area (Å²) < 4.78 is 5.67. The van der Waals surface area contributed by atoms with Gasteiger partial charge in [0.05, 0.1) is 13.2 Å². The minimum Gasteiger partial charge on any atom is -0.373 e. The van der Waals surface area contributed by atoms with Crippen molar-refractivity contribution in [3.63, 3.8) is 0 Å². The van der Waals surface area contributed by atoms with Gasteiger partial charge in [0.25, 0.3) is 0 Å². The van der Waals surface area contributed by atoms with Crippen molar-refractivity contribution in [2.45, 2.75) is 103 Å². The zero-order valence-corrected chi connectivity index (χ0v) is 20.1. The van der Waals surface area contributed by atoms with Gasteiger partial charge in [-0.15, -0.1) is 6.58 Å². The van der Waals surface area contributed by atoms with Gasteiger partial charge >= 0.3 is 0 Å². The minimum absolute atomic E-state index is 0.708. The Labute approximate surface area is 192 Å². The van der Waals surface area contributed by atoms with Crippen LogP contribution >= 0.6 is 0 Å². The van der Waals surface area contributed by atoms with Gasteiger partial charge in [0.15, 0.2) is 0 Å².